The van der Waals surface area contributed by atoms with E-state index in [0.717, 1.165) is 0 Å². The van der Waals surface area contributed by atoms with Gasteiger partial charge in [0.15, 0.2) is 9.84 Å². The van der Waals surface area contributed by atoms with E-state index in [0.29, 0.717) is 25.9 Å². The molecule has 2 heterocycles. The van der Waals surface area contributed by atoms with Crippen molar-refractivity contribution >= 4 is 15.9 Å². The normalized spacial score (nSPS) is 34.1. The van der Waals surface area contributed by atoms with Crippen LogP contribution in [0.1, 0.15) is 39.2 Å². The number of urea groups is 1. The molecule has 0 radical (unpaired) electrons. The second kappa shape index (κ2) is 7.33. The Morgan fingerprint density at radius 1 is 1.36 bits per heavy atom. The van der Waals surface area contributed by atoms with Crippen LogP contribution in [0.25, 0.3) is 0 Å². The molecule has 1 aliphatic carbocycles. The topological polar surface area (TPSA) is 102 Å². The predicted octanol–water partition coefficient (Wildman–Crippen LogP) is 0.867. The molecule has 140 valence electrons. The Hall–Kier alpha value is -1.61. The Morgan fingerprint density at radius 3 is 2.80 bits per heavy atom. The van der Waals surface area contributed by atoms with Gasteiger partial charge in [-0.25, -0.2) is 13.2 Å². The lowest BCUT2D eigenvalue weighted by molar-refractivity contribution is -0.0575. The summed E-state index contributed by atoms with van der Waals surface area (Å²) >= 11 is 0. The third-order valence-corrected chi connectivity index (χ3v) is 7.44. The van der Waals surface area contributed by atoms with E-state index < -0.39 is 9.84 Å². The van der Waals surface area contributed by atoms with Gasteiger partial charge in [-0.05, 0) is 39.2 Å². The fourth-order valence-corrected chi connectivity index (χ4v) is 5.22. The Morgan fingerprint density at radius 2 is 2.16 bits per heavy atom. The maximum Gasteiger partial charge on any atom is 0.315 e. The van der Waals surface area contributed by atoms with E-state index in [-0.39, 0.29) is 41.3 Å². The van der Waals surface area contributed by atoms with Crippen LogP contribution in [0.15, 0.2) is 18.5 Å². The van der Waals surface area contributed by atoms with Crippen molar-refractivity contribution in [2.75, 3.05) is 12.4 Å². The number of carbonyl (C=O) groups is 1. The number of hydrogen-bond donors (Lipinski definition) is 2. The summed E-state index contributed by atoms with van der Waals surface area (Å²) in [4.78, 5) is 12.3. The highest BCUT2D eigenvalue weighted by Crippen LogP contribution is 2.35. The summed E-state index contributed by atoms with van der Waals surface area (Å²) in [5.41, 5.74) is 0. The summed E-state index contributed by atoms with van der Waals surface area (Å²) in [7, 11) is -3.12. The van der Waals surface area contributed by atoms with Gasteiger partial charge in [0.05, 0.1) is 29.2 Å². The minimum atomic E-state index is -3.12. The Labute approximate surface area is 148 Å². The number of carbonyl (C=O) groups excluding carboxylic acids is 1. The number of nitrogens with zero attached hydrogens (tertiary/aromatic N) is 2. The van der Waals surface area contributed by atoms with Gasteiger partial charge < -0.3 is 15.4 Å². The highest BCUT2D eigenvalue weighted by molar-refractivity contribution is 7.92. The third kappa shape index (κ3) is 3.98. The zero-order chi connectivity index (χ0) is 18.0. The fourth-order valence-electron chi connectivity index (χ4n) is 3.58. The summed E-state index contributed by atoms with van der Waals surface area (Å²) in [6.45, 7) is 4.28. The number of rotatable bonds is 5. The number of nitrogens with one attached hydrogen (secondary N) is 2. The molecular weight excluding hydrogens is 344 g/mol. The predicted molar refractivity (Wildman–Crippen MR) is 93.0 cm³/mol. The molecule has 3 rings (SSSR count). The number of amides is 2. The van der Waals surface area contributed by atoms with Crippen molar-refractivity contribution in [3.05, 3.63) is 18.5 Å². The number of aromatic nitrogens is 2. The third-order valence-electron chi connectivity index (χ3n) is 5.11. The quantitative estimate of drug-likeness (QED) is 0.801. The van der Waals surface area contributed by atoms with Crippen molar-refractivity contribution in [3.63, 3.8) is 0 Å². The first kappa shape index (κ1) is 18.2. The summed E-state index contributed by atoms with van der Waals surface area (Å²) in [6, 6.07) is 1.05. The molecule has 0 spiro atoms. The van der Waals surface area contributed by atoms with E-state index in [4.69, 9.17) is 4.74 Å². The van der Waals surface area contributed by atoms with Crippen molar-refractivity contribution in [1.29, 1.82) is 0 Å². The van der Waals surface area contributed by atoms with Gasteiger partial charge in [-0.1, -0.05) is 0 Å². The van der Waals surface area contributed by atoms with Crippen LogP contribution in [0.3, 0.4) is 0 Å². The van der Waals surface area contributed by atoms with Crippen LogP contribution in [0.2, 0.25) is 0 Å². The Balaban J connectivity index is 1.56. The standard InChI is InChI=1S/C16H26N4O4S/c1-3-24-14-9-13(15(14)20-8-4-7-17-20)19-16(21)18-12-6-5-11(2)25(22,23)10-12/h4,7-8,11-15H,3,5-6,9-10H2,1-2H3,(H2,18,19,21). The lowest BCUT2D eigenvalue weighted by Crippen LogP contribution is -2.60. The highest BCUT2D eigenvalue weighted by atomic mass is 32.2. The summed E-state index contributed by atoms with van der Waals surface area (Å²) in [5, 5.41) is 9.68. The molecule has 0 bridgehead atoms. The van der Waals surface area contributed by atoms with Crippen molar-refractivity contribution in [3.8, 4) is 0 Å². The average molecular weight is 370 g/mol. The largest absolute Gasteiger partial charge is 0.376 e. The first-order valence-electron chi connectivity index (χ1n) is 8.80. The van der Waals surface area contributed by atoms with Gasteiger partial charge in [0.2, 0.25) is 0 Å². The molecule has 5 atom stereocenters. The van der Waals surface area contributed by atoms with Gasteiger partial charge in [-0.3, -0.25) is 4.68 Å². The number of ether oxygens (including phenoxy) is 1. The number of sulfone groups is 1. The summed E-state index contributed by atoms with van der Waals surface area (Å²) < 4.78 is 31.5. The molecule has 2 aliphatic rings. The van der Waals surface area contributed by atoms with Crippen molar-refractivity contribution < 1.29 is 17.9 Å². The van der Waals surface area contributed by atoms with E-state index in [2.05, 4.69) is 15.7 Å². The highest BCUT2D eigenvalue weighted by Gasteiger charge is 2.44. The minimum absolute atomic E-state index is 0.0103. The van der Waals surface area contributed by atoms with Gasteiger partial charge in [-0.15, -0.1) is 0 Å². The van der Waals surface area contributed by atoms with Gasteiger partial charge in [0.25, 0.3) is 0 Å². The van der Waals surface area contributed by atoms with Gasteiger partial charge in [0, 0.05) is 25.0 Å². The first-order chi connectivity index (χ1) is 11.9. The monoisotopic (exact) mass is 370 g/mol. The fraction of sp³-hybridized carbons (Fsp3) is 0.750. The van der Waals surface area contributed by atoms with E-state index in [1.165, 1.54) is 0 Å². The SMILES string of the molecule is CCOC1CC(NC(=O)NC2CCC(C)S(=O)(=O)C2)C1n1cccn1. The number of hydrogen-bond acceptors (Lipinski definition) is 5. The second-order valence-corrected chi connectivity index (χ2v) is 9.31. The van der Waals surface area contributed by atoms with Gasteiger partial charge in [-0.2, -0.15) is 5.10 Å². The molecular formula is C16H26N4O4S. The zero-order valence-corrected chi connectivity index (χ0v) is 15.4. The van der Waals surface area contributed by atoms with Crippen molar-refractivity contribution in [1.82, 2.24) is 20.4 Å². The second-order valence-electron chi connectivity index (χ2n) is 6.84. The lowest BCUT2D eigenvalue weighted by atomic mass is 9.83. The Kier molecular flexibility index (Phi) is 5.33. The van der Waals surface area contributed by atoms with Crippen LogP contribution < -0.4 is 10.6 Å². The van der Waals surface area contributed by atoms with E-state index >= 15 is 0 Å². The van der Waals surface area contributed by atoms with Gasteiger partial charge in [0.1, 0.15) is 0 Å². The molecule has 5 unspecified atom stereocenters. The molecule has 2 N–H and O–H groups in total. The molecule has 2 fully saturated rings. The molecule has 8 nitrogen and oxygen atoms in total. The molecule has 1 aromatic rings. The van der Waals surface area contributed by atoms with Crippen LogP contribution in [0.4, 0.5) is 4.79 Å². The average Bonchev–Trinajstić information content (AvgIpc) is 3.03. The van der Waals surface area contributed by atoms with E-state index in [9.17, 15) is 13.2 Å². The van der Waals surface area contributed by atoms with Crippen LogP contribution in [-0.4, -0.2) is 60.0 Å². The smallest absolute Gasteiger partial charge is 0.315 e. The molecule has 2 amide bonds. The van der Waals surface area contributed by atoms with E-state index in [1.807, 2.05) is 23.9 Å². The zero-order valence-electron chi connectivity index (χ0n) is 14.6. The van der Waals surface area contributed by atoms with Crippen molar-refractivity contribution in [2.45, 2.75) is 62.6 Å². The molecule has 1 saturated carbocycles. The van der Waals surface area contributed by atoms with Gasteiger partial charge >= 0.3 is 6.03 Å². The molecule has 25 heavy (non-hydrogen) atoms. The van der Waals surface area contributed by atoms with Crippen LogP contribution in [-0.2, 0) is 14.6 Å². The molecule has 1 saturated heterocycles. The van der Waals surface area contributed by atoms with Crippen LogP contribution >= 0.6 is 0 Å². The lowest BCUT2D eigenvalue weighted by Gasteiger charge is -2.44. The summed E-state index contributed by atoms with van der Waals surface area (Å²) in [5.74, 6) is 0.0103. The Bertz CT molecular complexity index is 691. The first-order valence-corrected chi connectivity index (χ1v) is 10.5. The maximum atomic E-state index is 12.3. The maximum absolute atomic E-state index is 12.3. The van der Waals surface area contributed by atoms with Crippen LogP contribution in [0.5, 0.6) is 0 Å². The molecule has 9 heteroatoms. The minimum Gasteiger partial charge on any atom is -0.376 e. The van der Waals surface area contributed by atoms with Crippen molar-refractivity contribution in [2.24, 2.45) is 0 Å². The molecule has 1 aromatic heterocycles. The molecule has 1 aliphatic heterocycles. The summed E-state index contributed by atoms with van der Waals surface area (Å²) in [6.07, 6.45) is 5.56. The van der Waals surface area contributed by atoms with Crippen LogP contribution in [0, 0.1) is 0 Å². The van der Waals surface area contributed by atoms with E-state index in [1.54, 1.807) is 13.1 Å². The molecule has 0 aromatic carbocycles.